The number of piperazine rings is 1. The zero-order valence-corrected chi connectivity index (χ0v) is 24.9. The van der Waals surface area contributed by atoms with Gasteiger partial charge in [0.15, 0.2) is 11.6 Å². The number of carbonyl (C=O) groups is 1. The summed E-state index contributed by atoms with van der Waals surface area (Å²) in [5.41, 5.74) is 0.288. The number of aromatic carboxylic acids is 1. The van der Waals surface area contributed by atoms with E-state index in [4.69, 9.17) is 9.47 Å². The van der Waals surface area contributed by atoms with Gasteiger partial charge in [-0.1, -0.05) is 0 Å². The van der Waals surface area contributed by atoms with Crippen LogP contribution in [0.4, 0.5) is 10.1 Å². The average Bonchev–Trinajstić information content (AvgIpc) is 3.74. The highest BCUT2D eigenvalue weighted by Crippen LogP contribution is 2.43. The first-order chi connectivity index (χ1) is 21.0. The zero-order valence-electron chi connectivity index (χ0n) is 24.1. The number of nitrogens with one attached hydrogen (secondary N) is 1. The molecule has 1 saturated carbocycles. The number of carboxylic acid groups (broad SMARTS) is 1. The third kappa shape index (κ3) is 5.46. The van der Waals surface area contributed by atoms with E-state index < -0.39 is 44.5 Å². The van der Waals surface area contributed by atoms with Gasteiger partial charge in [-0.15, -0.1) is 0 Å². The number of hydrogen-bond acceptors (Lipinski definition) is 10. The average molecular weight is 630 g/mol. The lowest BCUT2D eigenvalue weighted by Gasteiger charge is -2.37. The standard InChI is InChI=1S/C29H32FN5O8S/c1-42-18-5-6-22-23(11-18)32-29(31-22)44(40,41)15-17(36)13-33-7-9-34(10-8-33)25-21(30)12-19-24(27(25)43-2)35(16-3-4-16)14-20(26(19)37)28(38)39/h5-6,11-12,14,16-17,36H,3-4,7-10,13,15H2,1-2H3,(H,31,32)(H,38,39). The van der Waals surface area contributed by atoms with Crippen molar-refractivity contribution in [1.29, 1.82) is 0 Å². The van der Waals surface area contributed by atoms with Crippen molar-refractivity contribution in [2.75, 3.05) is 57.6 Å². The molecule has 4 aromatic rings. The highest BCUT2D eigenvalue weighted by Gasteiger charge is 2.33. The molecule has 1 aliphatic heterocycles. The van der Waals surface area contributed by atoms with Gasteiger partial charge in [-0.3, -0.25) is 9.69 Å². The minimum atomic E-state index is -3.92. The van der Waals surface area contributed by atoms with Crippen LogP contribution in [0.15, 0.2) is 40.4 Å². The van der Waals surface area contributed by atoms with Crippen molar-refractivity contribution in [2.24, 2.45) is 0 Å². The van der Waals surface area contributed by atoms with E-state index in [0.717, 1.165) is 18.9 Å². The predicted octanol–water partition coefficient (Wildman–Crippen LogP) is 2.02. The van der Waals surface area contributed by atoms with E-state index in [9.17, 15) is 28.2 Å². The Labute approximate surface area is 251 Å². The summed E-state index contributed by atoms with van der Waals surface area (Å²) in [7, 11) is -1.03. The summed E-state index contributed by atoms with van der Waals surface area (Å²) >= 11 is 0. The fraction of sp³-hybridized carbons (Fsp3) is 0.414. The summed E-state index contributed by atoms with van der Waals surface area (Å²) in [6.45, 7) is 1.55. The maximum absolute atomic E-state index is 15.6. The molecule has 3 heterocycles. The van der Waals surface area contributed by atoms with Gasteiger partial charge in [-0.2, -0.15) is 0 Å². The second-order valence-corrected chi connectivity index (χ2v) is 13.0. The van der Waals surface area contributed by atoms with Crippen LogP contribution in [0, 0.1) is 5.82 Å². The van der Waals surface area contributed by atoms with E-state index >= 15 is 4.39 Å². The van der Waals surface area contributed by atoms with Crippen LogP contribution in [0.3, 0.4) is 0 Å². The van der Waals surface area contributed by atoms with E-state index in [1.54, 1.807) is 27.7 Å². The van der Waals surface area contributed by atoms with Crippen LogP contribution >= 0.6 is 0 Å². The number of H-pyrrole nitrogens is 1. The molecule has 0 radical (unpaired) electrons. The number of carboxylic acids is 1. The van der Waals surface area contributed by atoms with Crippen LogP contribution in [0.1, 0.15) is 29.2 Å². The second kappa shape index (κ2) is 11.4. The van der Waals surface area contributed by atoms with Gasteiger partial charge in [0.1, 0.15) is 17.0 Å². The molecule has 234 valence electrons. The summed E-state index contributed by atoms with van der Waals surface area (Å²) in [4.78, 5) is 35.3. The number of benzene rings is 2. The number of rotatable bonds is 10. The Morgan fingerprint density at radius 2 is 1.89 bits per heavy atom. The largest absolute Gasteiger partial charge is 0.497 e. The molecule has 13 nitrogen and oxygen atoms in total. The first-order valence-electron chi connectivity index (χ1n) is 14.1. The Bertz CT molecular complexity index is 1930. The van der Waals surface area contributed by atoms with Crippen molar-refractivity contribution in [3.63, 3.8) is 0 Å². The fourth-order valence-electron chi connectivity index (χ4n) is 5.80. The Balaban J connectivity index is 1.18. The molecule has 44 heavy (non-hydrogen) atoms. The van der Waals surface area contributed by atoms with E-state index in [-0.39, 0.29) is 34.6 Å². The molecule has 2 fully saturated rings. The quantitative estimate of drug-likeness (QED) is 0.235. The molecule has 15 heteroatoms. The van der Waals surface area contributed by atoms with Gasteiger partial charge in [0, 0.05) is 51.0 Å². The van der Waals surface area contributed by atoms with Crippen LogP contribution in [-0.4, -0.2) is 103 Å². The number of ether oxygens (including phenoxy) is 2. The Morgan fingerprint density at radius 3 is 2.52 bits per heavy atom. The topological polar surface area (TPSA) is 167 Å². The number of methoxy groups -OCH3 is 2. The monoisotopic (exact) mass is 629 g/mol. The first-order valence-corrected chi connectivity index (χ1v) is 15.8. The van der Waals surface area contributed by atoms with Crippen LogP contribution in [0.25, 0.3) is 21.9 Å². The van der Waals surface area contributed by atoms with Crippen molar-refractivity contribution < 1.29 is 37.3 Å². The maximum atomic E-state index is 15.6. The number of aliphatic hydroxyl groups is 1. The van der Waals surface area contributed by atoms with Gasteiger partial charge in [0.05, 0.1) is 48.0 Å². The molecule has 1 unspecified atom stereocenters. The van der Waals surface area contributed by atoms with Crippen LogP contribution in [0.2, 0.25) is 0 Å². The van der Waals surface area contributed by atoms with Crippen molar-refractivity contribution >= 4 is 43.4 Å². The van der Waals surface area contributed by atoms with Crippen LogP contribution in [-0.2, 0) is 9.84 Å². The lowest BCUT2D eigenvalue weighted by Crippen LogP contribution is -2.49. The SMILES string of the molecule is COc1ccc2nc(S(=O)(=O)CC(O)CN3CCN(c4c(F)cc5c(=O)c(C(=O)O)cn(C6CC6)c5c4OC)CC3)[nH]c2c1. The Hall–Kier alpha value is -4.21. The number of β-amino-alcohol motifs (C(OH)–C–C–N with tert-alkyl or cyclic N) is 1. The molecule has 2 aliphatic rings. The molecule has 2 aromatic heterocycles. The van der Waals surface area contributed by atoms with Gasteiger partial charge < -0.3 is 34.1 Å². The van der Waals surface area contributed by atoms with E-state index in [0.29, 0.717) is 48.5 Å². The number of fused-ring (bicyclic) bond motifs is 2. The van der Waals surface area contributed by atoms with Gasteiger partial charge in [-0.05, 0) is 31.0 Å². The molecular formula is C29H32FN5O8S. The minimum absolute atomic E-state index is 0.0135. The molecule has 6 rings (SSSR count). The molecule has 0 bridgehead atoms. The third-order valence-electron chi connectivity index (χ3n) is 8.10. The number of sulfone groups is 1. The number of aromatic amines is 1. The second-order valence-electron chi connectivity index (χ2n) is 11.1. The highest BCUT2D eigenvalue weighted by molar-refractivity contribution is 7.91. The molecule has 1 atom stereocenters. The van der Waals surface area contributed by atoms with Gasteiger partial charge >= 0.3 is 5.97 Å². The maximum Gasteiger partial charge on any atom is 0.341 e. The number of nitrogens with zero attached hydrogens (tertiary/aromatic N) is 4. The Kier molecular flexibility index (Phi) is 7.71. The number of hydrogen-bond donors (Lipinski definition) is 3. The number of aromatic nitrogens is 3. The Morgan fingerprint density at radius 1 is 1.16 bits per heavy atom. The zero-order chi connectivity index (χ0) is 31.3. The van der Waals surface area contributed by atoms with Crippen molar-refractivity contribution in [3.05, 3.63) is 52.1 Å². The van der Waals surface area contributed by atoms with Crippen LogP contribution < -0.4 is 19.8 Å². The minimum Gasteiger partial charge on any atom is -0.497 e. The molecule has 2 aromatic carbocycles. The number of aliphatic hydroxyl groups excluding tert-OH is 1. The molecular weight excluding hydrogens is 597 g/mol. The summed E-state index contributed by atoms with van der Waals surface area (Å²) in [6.07, 6.45) is 1.71. The lowest BCUT2D eigenvalue weighted by atomic mass is 10.1. The fourth-order valence-corrected chi connectivity index (χ4v) is 7.07. The molecule has 1 aliphatic carbocycles. The van der Waals surface area contributed by atoms with Crippen molar-refractivity contribution in [1.82, 2.24) is 19.4 Å². The lowest BCUT2D eigenvalue weighted by molar-refractivity contribution is 0.0694. The summed E-state index contributed by atoms with van der Waals surface area (Å²) in [5, 5.41) is 20.0. The third-order valence-corrected chi connectivity index (χ3v) is 9.71. The van der Waals surface area contributed by atoms with Gasteiger partial charge in [0.2, 0.25) is 20.4 Å². The molecule has 3 N–H and O–H groups in total. The predicted molar refractivity (Wildman–Crippen MR) is 159 cm³/mol. The molecule has 0 spiro atoms. The molecule has 0 amide bonds. The van der Waals surface area contributed by atoms with Crippen molar-refractivity contribution in [3.8, 4) is 11.5 Å². The number of anilines is 1. The van der Waals surface area contributed by atoms with Crippen LogP contribution in [0.5, 0.6) is 11.5 Å². The first kappa shape index (κ1) is 29.8. The van der Waals surface area contributed by atoms with E-state index in [1.165, 1.54) is 20.4 Å². The van der Waals surface area contributed by atoms with Gasteiger partial charge in [-0.25, -0.2) is 22.6 Å². The highest BCUT2D eigenvalue weighted by atomic mass is 32.2. The number of halogens is 1. The number of imidazole rings is 1. The van der Waals surface area contributed by atoms with Crippen molar-refractivity contribution in [2.45, 2.75) is 30.1 Å². The number of pyridine rings is 1. The smallest absolute Gasteiger partial charge is 0.341 e. The molecule has 1 saturated heterocycles. The summed E-state index contributed by atoms with van der Waals surface area (Å²) < 4.78 is 54.2. The summed E-state index contributed by atoms with van der Waals surface area (Å²) in [6, 6.07) is 6.03. The van der Waals surface area contributed by atoms with Gasteiger partial charge in [0.25, 0.3) is 0 Å². The van der Waals surface area contributed by atoms with E-state index in [1.807, 2.05) is 4.90 Å². The van der Waals surface area contributed by atoms with E-state index in [2.05, 4.69) is 9.97 Å². The normalized spacial score (nSPS) is 16.9. The summed E-state index contributed by atoms with van der Waals surface area (Å²) in [5.74, 6) is -1.91.